The van der Waals surface area contributed by atoms with E-state index in [1.807, 2.05) is 60.7 Å². The zero-order valence-electron chi connectivity index (χ0n) is 18.0. The molecule has 7 heteroatoms. The number of carboxylic acids is 1. The minimum Gasteiger partial charge on any atom is -0.496 e. The van der Waals surface area contributed by atoms with Crippen molar-refractivity contribution in [1.29, 1.82) is 0 Å². The number of carboxylic acid groups (broad SMARTS) is 1. The van der Waals surface area contributed by atoms with Gasteiger partial charge in [-0.2, -0.15) is 5.10 Å². The molecule has 0 radical (unpaired) electrons. The summed E-state index contributed by atoms with van der Waals surface area (Å²) in [5, 5.41) is 14.3. The van der Waals surface area contributed by atoms with E-state index in [-0.39, 0.29) is 5.56 Å². The molecule has 3 aromatic carbocycles. The molecule has 0 bridgehead atoms. The lowest BCUT2D eigenvalue weighted by atomic mass is 10.0. The molecule has 4 rings (SSSR count). The molecule has 4 aromatic rings. The second-order valence-corrected chi connectivity index (χ2v) is 7.55. The summed E-state index contributed by atoms with van der Waals surface area (Å²) in [6, 6.07) is 19.8. The summed E-state index contributed by atoms with van der Waals surface area (Å²) >= 11 is 6.42. The topological polar surface area (TPSA) is 73.6 Å². The number of ether oxygens (including phenoxy) is 2. The van der Waals surface area contributed by atoms with Crippen LogP contribution in [-0.4, -0.2) is 35.1 Å². The Balaban J connectivity index is 1.81. The number of aromatic nitrogens is 2. The Bertz CT molecular complexity index is 1340. The highest BCUT2D eigenvalue weighted by molar-refractivity contribution is 6.32. The molecule has 1 aromatic heterocycles. The Morgan fingerprint density at radius 1 is 0.970 bits per heavy atom. The van der Waals surface area contributed by atoms with E-state index in [1.54, 1.807) is 43.3 Å². The molecule has 1 heterocycles. The monoisotopic (exact) mass is 460 g/mol. The van der Waals surface area contributed by atoms with E-state index in [2.05, 4.69) is 5.10 Å². The molecule has 0 saturated heterocycles. The Morgan fingerprint density at radius 3 is 2.48 bits per heavy atom. The van der Waals surface area contributed by atoms with E-state index in [9.17, 15) is 9.90 Å². The van der Waals surface area contributed by atoms with Gasteiger partial charge >= 0.3 is 5.97 Å². The predicted octanol–water partition coefficient (Wildman–Crippen LogP) is 6.08. The van der Waals surface area contributed by atoms with Gasteiger partial charge in [0.25, 0.3) is 0 Å². The fourth-order valence-electron chi connectivity index (χ4n) is 3.54. The highest BCUT2D eigenvalue weighted by Gasteiger charge is 2.17. The third-order valence-electron chi connectivity index (χ3n) is 5.14. The van der Waals surface area contributed by atoms with Crippen molar-refractivity contribution >= 4 is 29.7 Å². The van der Waals surface area contributed by atoms with Crippen molar-refractivity contribution in [1.82, 2.24) is 9.78 Å². The number of para-hydroxylation sites is 1. The van der Waals surface area contributed by atoms with Crippen molar-refractivity contribution in [2.45, 2.75) is 0 Å². The van der Waals surface area contributed by atoms with E-state index in [0.717, 1.165) is 28.1 Å². The Kier molecular flexibility index (Phi) is 6.47. The van der Waals surface area contributed by atoms with Crippen LogP contribution >= 0.6 is 11.6 Å². The second-order valence-electron chi connectivity index (χ2n) is 7.14. The summed E-state index contributed by atoms with van der Waals surface area (Å²) in [6.45, 7) is 0. The van der Waals surface area contributed by atoms with Gasteiger partial charge in [0.1, 0.15) is 11.5 Å². The van der Waals surface area contributed by atoms with E-state index in [1.165, 1.54) is 0 Å². The van der Waals surface area contributed by atoms with Crippen LogP contribution in [0.15, 0.2) is 72.9 Å². The van der Waals surface area contributed by atoms with E-state index in [0.29, 0.717) is 16.5 Å². The van der Waals surface area contributed by atoms with Crippen LogP contribution in [-0.2, 0) is 0 Å². The van der Waals surface area contributed by atoms with Crippen LogP contribution in [0, 0.1) is 0 Å². The number of hydrogen-bond donors (Lipinski definition) is 1. The maximum absolute atomic E-state index is 11.3. The molecule has 0 amide bonds. The summed E-state index contributed by atoms with van der Waals surface area (Å²) in [5.41, 5.74) is 4.12. The largest absolute Gasteiger partial charge is 0.496 e. The van der Waals surface area contributed by atoms with Gasteiger partial charge in [0.15, 0.2) is 0 Å². The van der Waals surface area contributed by atoms with E-state index in [4.69, 9.17) is 21.1 Å². The van der Waals surface area contributed by atoms with Crippen LogP contribution < -0.4 is 9.47 Å². The molecule has 0 atom stereocenters. The van der Waals surface area contributed by atoms with Gasteiger partial charge in [-0.3, -0.25) is 0 Å². The molecule has 0 unspecified atom stereocenters. The SMILES string of the molecule is COc1cc(OC)c(-c2ccnn2-c2ccccc2Cl)cc1C=Cc1cccc(C(=O)O)c1. The molecular weight excluding hydrogens is 440 g/mol. The van der Waals surface area contributed by atoms with Gasteiger partial charge in [-0.05, 0) is 42.0 Å². The fraction of sp³-hybridized carbons (Fsp3) is 0.0769. The lowest BCUT2D eigenvalue weighted by Gasteiger charge is -2.15. The van der Waals surface area contributed by atoms with Gasteiger partial charge in [-0.25, -0.2) is 9.48 Å². The zero-order valence-corrected chi connectivity index (χ0v) is 18.8. The highest BCUT2D eigenvalue weighted by Crippen LogP contribution is 2.38. The Morgan fingerprint density at radius 2 is 1.76 bits per heavy atom. The molecule has 0 aliphatic carbocycles. The third kappa shape index (κ3) is 4.61. The minimum absolute atomic E-state index is 0.225. The van der Waals surface area contributed by atoms with Gasteiger partial charge in [0.05, 0.1) is 42.4 Å². The van der Waals surface area contributed by atoms with E-state index >= 15 is 0 Å². The van der Waals surface area contributed by atoms with Crippen LogP contribution in [0.3, 0.4) is 0 Å². The quantitative estimate of drug-likeness (QED) is 0.338. The molecule has 0 aliphatic heterocycles. The van der Waals surface area contributed by atoms with Gasteiger partial charge < -0.3 is 14.6 Å². The van der Waals surface area contributed by atoms with Crippen molar-refractivity contribution in [3.05, 3.63) is 94.6 Å². The van der Waals surface area contributed by atoms with Crippen LogP contribution in [0.25, 0.3) is 29.1 Å². The molecule has 0 aliphatic rings. The molecule has 33 heavy (non-hydrogen) atoms. The fourth-order valence-corrected chi connectivity index (χ4v) is 3.75. The predicted molar refractivity (Wildman–Crippen MR) is 129 cm³/mol. The second kappa shape index (κ2) is 9.63. The normalized spacial score (nSPS) is 11.0. The van der Waals surface area contributed by atoms with E-state index < -0.39 is 5.97 Å². The van der Waals surface area contributed by atoms with Crippen molar-refractivity contribution in [2.24, 2.45) is 0 Å². The first kappa shape index (κ1) is 22.2. The number of halogens is 1. The van der Waals surface area contributed by atoms with Gasteiger partial charge in [-0.1, -0.05) is 48.0 Å². The molecule has 0 saturated carbocycles. The first-order chi connectivity index (χ1) is 16.0. The van der Waals surface area contributed by atoms with Gasteiger partial charge in [0, 0.05) is 17.2 Å². The lowest BCUT2D eigenvalue weighted by Crippen LogP contribution is -2.01. The Labute approximate surface area is 196 Å². The first-order valence-corrected chi connectivity index (χ1v) is 10.5. The molecule has 0 fully saturated rings. The summed E-state index contributed by atoms with van der Waals surface area (Å²) in [7, 11) is 3.19. The van der Waals surface area contributed by atoms with Crippen molar-refractivity contribution in [3.8, 4) is 28.4 Å². The number of rotatable bonds is 7. The molecule has 6 nitrogen and oxygen atoms in total. The Hall–Kier alpha value is -4.03. The standard InChI is InChI=1S/C26H21ClN2O4/c1-32-24-16-25(33-2)20(22-12-13-28-29(22)23-9-4-3-8-21(23)27)15-18(24)11-10-17-6-5-7-19(14-17)26(30)31/h3-16H,1-2H3,(H,30,31). The molecule has 0 spiro atoms. The average molecular weight is 461 g/mol. The van der Waals surface area contributed by atoms with Crippen LogP contribution in [0.2, 0.25) is 5.02 Å². The van der Waals surface area contributed by atoms with Crippen molar-refractivity contribution < 1.29 is 19.4 Å². The summed E-state index contributed by atoms with van der Waals surface area (Å²) < 4.78 is 13.0. The molecule has 166 valence electrons. The zero-order chi connectivity index (χ0) is 23.4. The summed E-state index contributed by atoms with van der Waals surface area (Å²) in [4.78, 5) is 11.3. The number of nitrogens with zero attached hydrogens (tertiary/aromatic N) is 2. The number of hydrogen-bond acceptors (Lipinski definition) is 4. The van der Waals surface area contributed by atoms with Crippen LogP contribution in [0.1, 0.15) is 21.5 Å². The maximum Gasteiger partial charge on any atom is 0.335 e. The maximum atomic E-state index is 11.3. The number of carbonyl (C=O) groups is 1. The van der Waals surface area contributed by atoms with Crippen molar-refractivity contribution in [2.75, 3.05) is 14.2 Å². The molecule has 1 N–H and O–H groups in total. The summed E-state index contributed by atoms with van der Waals surface area (Å²) in [5.74, 6) is 0.262. The number of methoxy groups -OCH3 is 2. The highest BCUT2D eigenvalue weighted by atomic mass is 35.5. The summed E-state index contributed by atoms with van der Waals surface area (Å²) in [6.07, 6.45) is 5.42. The van der Waals surface area contributed by atoms with Gasteiger partial charge in [0.2, 0.25) is 0 Å². The lowest BCUT2D eigenvalue weighted by molar-refractivity contribution is 0.0697. The minimum atomic E-state index is -0.970. The van der Waals surface area contributed by atoms with Crippen molar-refractivity contribution in [3.63, 3.8) is 0 Å². The smallest absolute Gasteiger partial charge is 0.335 e. The van der Waals surface area contributed by atoms with Gasteiger partial charge in [-0.15, -0.1) is 0 Å². The van der Waals surface area contributed by atoms with Crippen LogP contribution in [0.5, 0.6) is 11.5 Å². The average Bonchev–Trinajstić information content (AvgIpc) is 3.32. The van der Waals surface area contributed by atoms with Crippen LogP contribution in [0.4, 0.5) is 0 Å². The number of benzene rings is 3. The molecular formula is C26H21ClN2O4. The first-order valence-electron chi connectivity index (χ1n) is 10.1. The number of aromatic carboxylic acids is 1. The third-order valence-corrected chi connectivity index (χ3v) is 5.46.